The molecule has 78 valence electrons. The monoisotopic (exact) mass is 213 g/mol. The van der Waals surface area contributed by atoms with E-state index < -0.39 is 0 Å². The number of carbonyl (C=O) groups excluding carboxylic acids is 1. The van der Waals surface area contributed by atoms with Gasteiger partial charge in [0.25, 0.3) is 5.91 Å². The third-order valence-electron chi connectivity index (χ3n) is 2.50. The van der Waals surface area contributed by atoms with Crippen LogP contribution in [0.3, 0.4) is 0 Å². The molecule has 0 heterocycles. The molecule has 2 nitrogen and oxygen atoms in total. The molecule has 1 fully saturated rings. The molecule has 0 spiro atoms. The highest BCUT2D eigenvalue weighted by atomic mass is 35.5. The second-order valence-corrected chi connectivity index (χ2v) is 4.12. The molecule has 1 N–H and O–H groups in total. The van der Waals surface area contributed by atoms with E-state index in [0.29, 0.717) is 16.5 Å². The van der Waals surface area contributed by atoms with Gasteiger partial charge >= 0.3 is 0 Å². The van der Waals surface area contributed by atoms with Crippen LogP contribution in [0, 0.1) is 5.92 Å². The first-order chi connectivity index (χ1) is 6.56. The molecule has 1 rings (SSSR count). The van der Waals surface area contributed by atoms with Crippen LogP contribution in [0.5, 0.6) is 0 Å². The van der Waals surface area contributed by atoms with Crippen molar-refractivity contribution in [2.24, 2.45) is 5.92 Å². The van der Waals surface area contributed by atoms with Crippen molar-refractivity contribution in [1.82, 2.24) is 5.32 Å². The number of rotatable bonds is 4. The maximum Gasteiger partial charge on any atom is 0.252 e. The second kappa shape index (κ2) is 4.65. The standard InChI is InChI=1S/C11H16ClNO/c1-4-10(12)7(2)11(14)13-8(3)9-5-6-9/h4,8-9H,2,5-6H2,1,3H3,(H,13,14)/b10-4+/t8-/m0/s1. The Morgan fingerprint density at radius 1 is 1.64 bits per heavy atom. The molecular weight excluding hydrogens is 198 g/mol. The zero-order valence-electron chi connectivity index (χ0n) is 8.64. The summed E-state index contributed by atoms with van der Waals surface area (Å²) in [6.45, 7) is 7.45. The number of amides is 1. The van der Waals surface area contributed by atoms with Gasteiger partial charge in [0.15, 0.2) is 0 Å². The SMILES string of the molecule is C=C(C(=O)N[C@@H](C)C1CC1)/C(Cl)=C\C. The normalized spacial score (nSPS) is 18.9. The Kier molecular flexibility index (Phi) is 3.76. The third-order valence-corrected chi connectivity index (χ3v) is 2.95. The van der Waals surface area contributed by atoms with E-state index in [1.165, 1.54) is 12.8 Å². The van der Waals surface area contributed by atoms with Gasteiger partial charge in [-0.25, -0.2) is 0 Å². The summed E-state index contributed by atoms with van der Waals surface area (Å²) in [6, 6.07) is 0.237. The summed E-state index contributed by atoms with van der Waals surface area (Å²) in [5.41, 5.74) is 0.349. The van der Waals surface area contributed by atoms with Crippen molar-refractivity contribution in [3.05, 3.63) is 23.3 Å². The Balaban J connectivity index is 2.44. The molecule has 0 aromatic rings. The Bertz CT molecular complexity index is 279. The van der Waals surface area contributed by atoms with Gasteiger partial charge in [0, 0.05) is 11.1 Å². The minimum absolute atomic E-state index is 0.160. The van der Waals surface area contributed by atoms with Gasteiger partial charge in [-0.1, -0.05) is 24.3 Å². The van der Waals surface area contributed by atoms with Gasteiger partial charge in [-0.3, -0.25) is 4.79 Å². The average molecular weight is 214 g/mol. The van der Waals surface area contributed by atoms with E-state index in [-0.39, 0.29) is 11.9 Å². The Hall–Kier alpha value is -0.760. The van der Waals surface area contributed by atoms with Crippen LogP contribution in [0.25, 0.3) is 0 Å². The van der Waals surface area contributed by atoms with Gasteiger partial charge in [-0.2, -0.15) is 0 Å². The molecule has 0 radical (unpaired) electrons. The molecule has 0 unspecified atom stereocenters. The number of carbonyl (C=O) groups is 1. The van der Waals surface area contributed by atoms with Crippen molar-refractivity contribution >= 4 is 17.5 Å². The van der Waals surface area contributed by atoms with Crippen molar-refractivity contribution in [1.29, 1.82) is 0 Å². The van der Waals surface area contributed by atoms with Crippen LogP contribution < -0.4 is 5.32 Å². The molecule has 0 aromatic carbocycles. The zero-order chi connectivity index (χ0) is 10.7. The van der Waals surface area contributed by atoms with E-state index in [4.69, 9.17) is 11.6 Å². The largest absolute Gasteiger partial charge is 0.349 e. The van der Waals surface area contributed by atoms with E-state index in [1.54, 1.807) is 13.0 Å². The minimum atomic E-state index is -0.160. The van der Waals surface area contributed by atoms with Gasteiger partial charge in [0.05, 0.1) is 5.57 Å². The fourth-order valence-corrected chi connectivity index (χ4v) is 1.38. The van der Waals surface area contributed by atoms with Gasteiger partial charge in [-0.05, 0) is 32.6 Å². The number of hydrogen-bond acceptors (Lipinski definition) is 1. The molecule has 14 heavy (non-hydrogen) atoms. The summed E-state index contributed by atoms with van der Waals surface area (Å²) in [5.74, 6) is 0.489. The molecule has 3 heteroatoms. The summed E-state index contributed by atoms with van der Waals surface area (Å²) in [6.07, 6.45) is 4.10. The van der Waals surface area contributed by atoms with Crippen molar-refractivity contribution in [3.63, 3.8) is 0 Å². The van der Waals surface area contributed by atoms with Gasteiger partial charge in [0.1, 0.15) is 0 Å². The summed E-state index contributed by atoms with van der Waals surface area (Å²) in [4.78, 5) is 11.6. The van der Waals surface area contributed by atoms with Gasteiger partial charge in [-0.15, -0.1) is 0 Å². The smallest absolute Gasteiger partial charge is 0.252 e. The maximum absolute atomic E-state index is 11.6. The summed E-state index contributed by atoms with van der Waals surface area (Å²) >= 11 is 5.79. The lowest BCUT2D eigenvalue weighted by molar-refractivity contribution is -0.117. The molecule has 1 aliphatic rings. The van der Waals surface area contributed by atoms with E-state index >= 15 is 0 Å². The average Bonchev–Trinajstić information content (AvgIpc) is 2.98. The van der Waals surface area contributed by atoms with Crippen molar-refractivity contribution in [2.75, 3.05) is 0 Å². The topological polar surface area (TPSA) is 29.1 Å². The lowest BCUT2D eigenvalue weighted by Crippen LogP contribution is -2.34. The van der Waals surface area contributed by atoms with E-state index in [9.17, 15) is 4.79 Å². The van der Waals surface area contributed by atoms with Crippen molar-refractivity contribution in [2.45, 2.75) is 32.7 Å². The number of hydrogen-bond donors (Lipinski definition) is 1. The van der Waals surface area contributed by atoms with Crippen LogP contribution in [0.15, 0.2) is 23.3 Å². The molecule has 1 aliphatic carbocycles. The fraction of sp³-hybridized carbons (Fsp3) is 0.545. The highest BCUT2D eigenvalue weighted by Gasteiger charge is 2.29. The molecule has 1 amide bonds. The quantitative estimate of drug-likeness (QED) is 0.565. The summed E-state index contributed by atoms with van der Waals surface area (Å²) in [7, 11) is 0. The number of halogens is 1. The lowest BCUT2D eigenvalue weighted by Gasteiger charge is -2.13. The molecular formula is C11H16ClNO. The van der Waals surface area contributed by atoms with Crippen LogP contribution in [0.4, 0.5) is 0 Å². The first kappa shape index (κ1) is 11.3. The Morgan fingerprint density at radius 3 is 2.64 bits per heavy atom. The van der Waals surface area contributed by atoms with E-state index in [0.717, 1.165) is 0 Å². The van der Waals surface area contributed by atoms with E-state index in [1.807, 2.05) is 6.92 Å². The first-order valence-electron chi connectivity index (χ1n) is 4.88. The molecule has 0 saturated heterocycles. The zero-order valence-corrected chi connectivity index (χ0v) is 9.40. The predicted octanol–water partition coefficient (Wildman–Crippen LogP) is 2.60. The lowest BCUT2D eigenvalue weighted by atomic mass is 10.2. The van der Waals surface area contributed by atoms with E-state index in [2.05, 4.69) is 11.9 Å². The molecule has 0 aromatic heterocycles. The minimum Gasteiger partial charge on any atom is -0.349 e. The third kappa shape index (κ3) is 2.88. The van der Waals surface area contributed by atoms with Crippen LogP contribution >= 0.6 is 11.6 Å². The highest BCUT2D eigenvalue weighted by molar-refractivity contribution is 6.35. The maximum atomic E-state index is 11.6. The number of nitrogens with one attached hydrogen (secondary N) is 1. The van der Waals surface area contributed by atoms with Crippen LogP contribution in [0.1, 0.15) is 26.7 Å². The summed E-state index contributed by atoms with van der Waals surface area (Å²) < 4.78 is 0. The van der Waals surface area contributed by atoms with Gasteiger partial charge in [0.2, 0.25) is 0 Å². The molecule has 0 bridgehead atoms. The Labute approximate surface area is 90.0 Å². The number of allylic oxidation sites excluding steroid dienone is 1. The second-order valence-electron chi connectivity index (χ2n) is 3.71. The van der Waals surface area contributed by atoms with Crippen LogP contribution in [-0.2, 0) is 4.79 Å². The fourth-order valence-electron chi connectivity index (χ4n) is 1.29. The predicted molar refractivity (Wildman–Crippen MR) is 59.1 cm³/mol. The molecule has 0 aliphatic heterocycles. The summed E-state index contributed by atoms with van der Waals surface area (Å²) in [5, 5.41) is 3.31. The first-order valence-corrected chi connectivity index (χ1v) is 5.26. The van der Waals surface area contributed by atoms with Crippen LogP contribution in [0.2, 0.25) is 0 Å². The molecule has 1 saturated carbocycles. The van der Waals surface area contributed by atoms with Crippen LogP contribution in [-0.4, -0.2) is 11.9 Å². The Morgan fingerprint density at radius 2 is 2.21 bits per heavy atom. The molecule has 1 atom stereocenters. The van der Waals surface area contributed by atoms with Crippen molar-refractivity contribution in [3.8, 4) is 0 Å². The highest BCUT2D eigenvalue weighted by Crippen LogP contribution is 2.32. The van der Waals surface area contributed by atoms with Gasteiger partial charge < -0.3 is 5.32 Å². The van der Waals surface area contributed by atoms with Crippen molar-refractivity contribution < 1.29 is 4.79 Å².